The summed E-state index contributed by atoms with van der Waals surface area (Å²) in [4.78, 5) is 20.5. The fourth-order valence-electron chi connectivity index (χ4n) is 6.57. The number of hydrogen-bond acceptors (Lipinski definition) is 3. The van der Waals surface area contributed by atoms with Crippen LogP contribution in [0, 0.1) is 11.3 Å². The molecule has 2 heterocycles. The van der Waals surface area contributed by atoms with Gasteiger partial charge in [-0.3, -0.25) is 9.79 Å². The van der Waals surface area contributed by atoms with E-state index < -0.39 is 0 Å². The van der Waals surface area contributed by atoms with Crippen LogP contribution in [-0.2, 0) is 27.8 Å². The van der Waals surface area contributed by atoms with Crippen LogP contribution < -0.4 is 0 Å². The van der Waals surface area contributed by atoms with Crippen LogP contribution in [0.15, 0.2) is 17.1 Å². The van der Waals surface area contributed by atoms with Crippen LogP contribution in [0.25, 0.3) is 0 Å². The molecule has 0 aromatic heterocycles. The number of nitrogens with zero attached hydrogens (tertiary/aromatic N) is 2. The van der Waals surface area contributed by atoms with Crippen LogP contribution in [0.1, 0.15) is 69.6 Å². The minimum Gasteiger partial charge on any atom is -0.381 e. The molecule has 4 aliphatic rings. The predicted octanol–water partition coefficient (Wildman–Crippen LogP) is 4.59. The topological polar surface area (TPSA) is 41.9 Å². The Labute approximate surface area is 174 Å². The Bertz CT molecular complexity index is 866. The number of rotatable bonds is 2. The molecule has 2 fully saturated rings. The zero-order valence-corrected chi connectivity index (χ0v) is 18.3. The molecule has 4 nitrogen and oxygen atoms in total. The van der Waals surface area contributed by atoms with Crippen molar-refractivity contribution >= 4 is 17.8 Å². The van der Waals surface area contributed by atoms with Crippen LogP contribution in [0.5, 0.6) is 0 Å². The van der Waals surface area contributed by atoms with Crippen molar-refractivity contribution in [2.24, 2.45) is 16.3 Å². The summed E-state index contributed by atoms with van der Waals surface area (Å²) in [6.07, 6.45) is 9.30. The van der Waals surface area contributed by atoms with Crippen LogP contribution in [-0.4, -0.2) is 42.8 Å². The molecule has 0 N–H and O–H groups in total. The number of benzene rings is 1. The van der Waals surface area contributed by atoms with Crippen molar-refractivity contribution in [3.63, 3.8) is 0 Å². The number of methoxy groups -OCH3 is 1. The van der Waals surface area contributed by atoms with Crippen molar-refractivity contribution in [2.75, 3.05) is 13.7 Å². The van der Waals surface area contributed by atoms with Gasteiger partial charge in [-0.25, -0.2) is 0 Å². The molecule has 1 saturated carbocycles. The van der Waals surface area contributed by atoms with E-state index in [4.69, 9.17) is 4.74 Å². The van der Waals surface area contributed by atoms with Gasteiger partial charge in [0.1, 0.15) is 0 Å². The summed E-state index contributed by atoms with van der Waals surface area (Å²) < 4.78 is 5.52. The SMILES string of the molecule is COC1CCC(C(=O)N2CC[C@@]3(C)c4cc5c(cc4C[C@@H]2C3(C)C)CC=N5)CC1. The van der Waals surface area contributed by atoms with Gasteiger partial charge in [-0.1, -0.05) is 26.8 Å². The minimum atomic E-state index is 0.0498. The first-order valence-electron chi connectivity index (χ1n) is 11.4. The number of ether oxygens (including phenoxy) is 1. The average Bonchev–Trinajstić information content (AvgIpc) is 3.17. The van der Waals surface area contributed by atoms with Crippen LogP contribution in [0.3, 0.4) is 0 Å². The first-order chi connectivity index (χ1) is 13.8. The number of amides is 1. The van der Waals surface area contributed by atoms with Gasteiger partial charge in [0.15, 0.2) is 0 Å². The number of likely N-dealkylation sites (tertiary alicyclic amines) is 1. The minimum absolute atomic E-state index is 0.0498. The molecular formula is C25H34N2O2. The molecule has 2 atom stereocenters. The van der Waals surface area contributed by atoms with Crippen molar-refractivity contribution in [1.29, 1.82) is 0 Å². The smallest absolute Gasteiger partial charge is 0.225 e. The Morgan fingerprint density at radius 3 is 2.62 bits per heavy atom. The molecule has 29 heavy (non-hydrogen) atoms. The van der Waals surface area contributed by atoms with Gasteiger partial charge in [-0.15, -0.1) is 0 Å². The lowest BCUT2D eigenvalue weighted by molar-refractivity contribution is -0.150. The van der Waals surface area contributed by atoms with E-state index in [0.29, 0.717) is 12.0 Å². The van der Waals surface area contributed by atoms with E-state index in [2.05, 4.69) is 42.8 Å². The predicted molar refractivity (Wildman–Crippen MR) is 116 cm³/mol. The molecular weight excluding hydrogens is 360 g/mol. The lowest BCUT2D eigenvalue weighted by Gasteiger charge is -2.61. The van der Waals surface area contributed by atoms with E-state index in [1.807, 2.05) is 6.21 Å². The van der Waals surface area contributed by atoms with Crippen molar-refractivity contribution < 1.29 is 9.53 Å². The number of carbonyl (C=O) groups excluding carboxylic acids is 1. The third kappa shape index (κ3) is 2.74. The Morgan fingerprint density at radius 1 is 1.14 bits per heavy atom. The van der Waals surface area contributed by atoms with Crippen molar-refractivity contribution in [3.8, 4) is 0 Å². The molecule has 2 bridgehead atoms. The summed E-state index contributed by atoms with van der Waals surface area (Å²) in [5.41, 5.74) is 5.57. The summed E-state index contributed by atoms with van der Waals surface area (Å²) in [5, 5.41) is 0. The Morgan fingerprint density at radius 2 is 1.90 bits per heavy atom. The molecule has 5 rings (SSSR count). The normalized spacial score (nSPS) is 34.6. The molecule has 0 unspecified atom stereocenters. The zero-order valence-electron chi connectivity index (χ0n) is 18.3. The van der Waals surface area contributed by atoms with E-state index in [1.54, 1.807) is 7.11 Å². The molecule has 1 aromatic carbocycles. The first kappa shape index (κ1) is 19.3. The lowest BCUT2D eigenvalue weighted by atomic mass is 9.50. The third-order valence-corrected chi connectivity index (χ3v) is 8.98. The number of piperidine rings is 1. The van der Waals surface area contributed by atoms with E-state index in [1.165, 1.54) is 16.7 Å². The molecule has 1 amide bonds. The molecule has 2 aliphatic carbocycles. The maximum Gasteiger partial charge on any atom is 0.225 e. The molecule has 0 radical (unpaired) electrons. The number of carbonyl (C=O) groups is 1. The van der Waals surface area contributed by atoms with E-state index in [0.717, 1.165) is 57.2 Å². The molecule has 2 aliphatic heterocycles. The van der Waals surface area contributed by atoms with Gasteiger partial charge < -0.3 is 9.64 Å². The lowest BCUT2D eigenvalue weighted by Crippen LogP contribution is -2.65. The number of fused-ring (bicyclic) bond motifs is 5. The van der Waals surface area contributed by atoms with Gasteiger partial charge in [0.2, 0.25) is 5.91 Å². The van der Waals surface area contributed by atoms with Gasteiger partial charge >= 0.3 is 0 Å². The number of hydrogen-bond donors (Lipinski definition) is 0. The van der Waals surface area contributed by atoms with E-state index in [-0.39, 0.29) is 22.8 Å². The highest BCUT2D eigenvalue weighted by Crippen LogP contribution is 2.57. The van der Waals surface area contributed by atoms with E-state index >= 15 is 0 Å². The van der Waals surface area contributed by atoms with Gasteiger partial charge in [0.05, 0.1) is 11.8 Å². The van der Waals surface area contributed by atoms with Crippen LogP contribution in [0.2, 0.25) is 0 Å². The van der Waals surface area contributed by atoms with Crippen molar-refractivity contribution in [3.05, 3.63) is 28.8 Å². The molecule has 4 heteroatoms. The van der Waals surface area contributed by atoms with Gasteiger partial charge in [-0.05, 0) is 66.7 Å². The summed E-state index contributed by atoms with van der Waals surface area (Å²) in [7, 11) is 1.79. The fraction of sp³-hybridized carbons (Fsp3) is 0.680. The summed E-state index contributed by atoms with van der Waals surface area (Å²) in [5.74, 6) is 0.573. The van der Waals surface area contributed by atoms with Crippen LogP contribution >= 0.6 is 0 Å². The van der Waals surface area contributed by atoms with Gasteiger partial charge in [0.25, 0.3) is 0 Å². The quantitative estimate of drug-likeness (QED) is 0.736. The highest BCUT2D eigenvalue weighted by molar-refractivity contribution is 5.80. The monoisotopic (exact) mass is 394 g/mol. The van der Waals surface area contributed by atoms with Crippen LogP contribution in [0.4, 0.5) is 5.69 Å². The maximum atomic E-state index is 13.6. The average molecular weight is 395 g/mol. The Hall–Kier alpha value is -1.68. The first-order valence-corrected chi connectivity index (χ1v) is 11.4. The van der Waals surface area contributed by atoms with E-state index in [9.17, 15) is 4.79 Å². The second kappa shape index (κ2) is 6.66. The second-order valence-electron chi connectivity index (χ2n) is 10.4. The molecule has 1 aromatic rings. The van der Waals surface area contributed by atoms with Crippen molar-refractivity contribution in [2.45, 2.75) is 83.3 Å². The standard InChI is InChI=1S/C25H34N2O2/c1-24(2)22-14-18-13-17-9-11-26-21(17)15-20(18)25(24,3)10-12-27(22)23(28)16-5-7-19(29-4)8-6-16/h11,13,15-16,19,22H,5-10,12,14H2,1-4H3/t16?,19?,22-,25+/m1/s1. The summed E-state index contributed by atoms with van der Waals surface area (Å²) >= 11 is 0. The van der Waals surface area contributed by atoms with Crippen molar-refractivity contribution in [1.82, 2.24) is 4.90 Å². The Balaban J connectivity index is 1.46. The fourth-order valence-corrected chi connectivity index (χ4v) is 6.57. The largest absolute Gasteiger partial charge is 0.381 e. The summed E-state index contributed by atoms with van der Waals surface area (Å²) in [6.45, 7) is 8.08. The molecule has 1 saturated heterocycles. The zero-order chi connectivity index (χ0) is 20.4. The van der Waals surface area contributed by atoms with Gasteiger partial charge in [-0.2, -0.15) is 0 Å². The molecule has 156 valence electrons. The third-order valence-electron chi connectivity index (χ3n) is 8.98. The highest BCUT2D eigenvalue weighted by Gasteiger charge is 2.57. The molecule has 0 spiro atoms. The van der Waals surface area contributed by atoms with Gasteiger partial charge in [0, 0.05) is 43.7 Å². The highest BCUT2D eigenvalue weighted by atomic mass is 16.5. The number of aliphatic imine (C=N–C) groups is 1. The maximum absolute atomic E-state index is 13.6. The second-order valence-corrected chi connectivity index (χ2v) is 10.4. The Kier molecular flexibility index (Phi) is 4.43. The summed E-state index contributed by atoms with van der Waals surface area (Å²) in [6, 6.07) is 5.02.